The Hall–Kier alpha value is -2.29. The molecule has 1 atom stereocenters. The van der Waals surface area contributed by atoms with Crippen molar-refractivity contribution in [2.45, 2.75) is 12.5 Å². The quantitative estimate of drug-likeness (QED) is 0.399. The third-order valence-corrected chi connectivity index (χ3v) is 5.32. The van der Waals surface area contributed by atoms with Gasteiger partial charge in [-0.3, -0.25) is 4.79 Å². The number of rotatable bonds is 6. The molecule has 0 radical (unpaired) electrons. The van der Waals surface area contributed by atoms with E-state index in [4.69, 9.17) is 21.1 Å². The summed E-state index contributed by atoms with van der Waals surface area (Å²) in [5.74, 6) is 0.303. The second-order valence-electron chi connectivity index (χ2n) is 6.50. The van der Waals surface area contributed by atoms with Crippen LogP contribution in [-0.4, -0.2) is 40.4 Å². The lowest BCUT2D eigenvalue weighted by atomic mass is 10.1. The number of ether oxygens (including phenoxy) is 2. The summed E-state index contributed by atoms with van der Waals surface area (Å²) < 4.78 is 24.8. The molecule has 2 aromatic carbocycles. The Balaban J connectivity index is 1.76. The van der Waals surface area contributed by atoms with Crippen molar-refractivity contribution in [3.8, 4) is 5.75 Å². The van der Waals surface area contributed by atoms with E-state index in [1.165, 1.54) is 18.5 Å². The van der Waals surface area contributed by atoms with Gasteiger partial charge in [0.25, 0.3) is 0 Å². The van der Waals surface area contributed by atoms with E-state index in [1.807, 2.05) is 0 Å². The van der Waals surface area contributed by atoms with Crippen molar-refractivity contribution in [1.29, 1.82) is 0 Å². The number of alkyl halides is 1. The second kappa shape index (κ2) is 8.61. The average Bonchev–Trinajstić information content (AvgIpc) is 3.23. The fourth-order valence-electron chi connectivity index (χ4n) is 3.07. The van der Waals surface area contributed by atoms with Crippen LogP contribution in [0.15, 0.2) is 36.7 Å². The Morgan fingerprint density at radius 1 is 1.34 bits per heavy atom. The number of carbonyl (C=O) groups excluding carboxylic acids is 1. The molecular formula is C20H16BrClFN3O3. The number of halogens is 3. The lowest BCUT2D eigenvalue weighted by Crippen LogP contribution is -2.18. The maximum absolute atomic E-state index is 13.4. The molecule has 1 unspecified atom stereocenters. The molecule has 1 fully saturated rings. The first-order valence-corrected chi connectivity index (χ1v) is 10.4. The van der Waals surface area contributed by atoms with Gasteiger partial charge in [0.05, 0.1) is 34.6 Å². The van der Waals surface area contributed by atoms with Gasteiger partial charge in [0.1, 0.15) is 29.8 Å². The predicted octanol–water partition coefficient (Wildman–Crippen LogP) is 4.91. The normalized spacial score (nSPS) is 16.2. The number of hydrogen-bond donors (Lipinski definition) is 1. The molecule has 1 saturated heterocycles. The molecule has 1 aliphatic rings. The van der Waals surface area contributed by atoms with Crippen LogP contribution in [0, 0.1) is 5.82 Å². The van der Waals surface area contributed by atoms with Crippen molar-refractivity contribution >= 4 is 55.7 Å². The number of ketones is 1. The molecule has 0 aliphatic carbocycles. The summed E-state index contributed by atoms with van der Waals surface area (Å²) in [5, 5.41) is 3.89. The largest absolute Gasteiger partial charge is 0.487 e. The van der Waals surface area contributed by atoms with Crippen molar-refractivity contribution in [3.63, 3.8) is 0 Å². The van der Waals surface area contributed by atoms with E-state index < -0.39 is 5.82 Å². The highest BCUT2D eigenvalue weighted by Gasteiger charge is 2.22. The fourth-order valence-corrected chi connectivity index (χ4v) is 3.55. The van der Waals surface area contributed by atoms with Crippen LogP contribution in [0.3, 0.4) is 0 Å². The fraction of sp³-hybridized carbons (Fsp3) is 0.250. The maximum atomic E-state index is 13.4. The van der Waals surface area contributed by atoms with Crippen LogP contribution in [0.1, 0.15) is 16.8 Å². The lowest BCUT2D eigenvalue weighted by Gasteiger charge is -2.16. The maximum Gasteiger partial charge on any atom is 0.177 e. The highest BCUT2D eigenvalue weighted by Crippen LogP contribution is 2.32. The molecular weight excluding hydrogens is 465 g/mol. The van der Waals surface area contributed by atoms with Gasteiger partial charge in [0.2, 0.25) is 0 Å². The number of aromatic nitrogens is 2. The summed E-state index contributed by atoms with van der Waals surface area (Å²) in [6.07, 6.45) is 2.07. The van der Waals surface area contributed by atoms with Gasteiger partial charge in [-0.25, -0.2) is 14.4 Å². The van der Waals surface area contributed by atoms with Crippen molar-refractivity contribution in [3.05, 3.63) is 53.1 Å². The third-order valence-electron chi connectivity index (χ3n) is 4.52. The molecule has 9 heteroatoms. The number of benzene rings is 2. The highest BCUT2D eigenvalue weighted by atomic mass is 79.9. The summed E-state index contributed by atoms with van der Waals surface area (Å²) in [4.78, 5) is 21.1. The monoisotopic (exact) mass is 479 g/mol. The zero-order chi connectivity index (χ0) is 20.4. The molecule has 4 rings (SSSR count). The summed E-state index contributed by atoms with van der Waals surface area (Å²) >= 11 is 9.08. The Morgan fingerprint density at radius 2 is 2.21 bits per heavy atom. The van der Waals surface area contributed by atoms with Gasteiger partial charge in [-0.05, 0) is 24.3 Å². The Labute approximate surface area is 179 Å². The van der Waals surface area contributed by atoms with E-state index in [2.05, 4.69) is 31.2 Å². The first kappa shape index (κ1) is 20.0. The van der Waals surface area contributed by atoms with Crippen LogP contribution in [-0.2, 0) is 4.74 Å². The molecule has 3 aromatic rings. The van der Waals surface area contributed by atoms with Crippen LogP contribution >= 0.6 is 27.5 Å². The van der Waals surface area contributed by atoms with E-state index in [0.29, 0.717) is 46.9 Å². The predicted molar refractivity (Wildman–Crippen MR) is 112 cm³/mol. The van der Waals surface area contributed by atoms with Crippen LogP contribution in [0.5, 0.6) is 5.75 Å². The molecule has 1 aliphatic heterocycles. The van der Waals surface area contributed by atoms with E-state index in [0.717, 1.165) is 6.42 Å². The number of fused-ring (bicyclic) bond motifs is 1. The van der Waals surface area contributed by atoms with Crippen molar-refractivity contribution in [2.24, 2.45) is 0 Å². The average molecular weight is 481 g/mol. The molecule has 1 N–H and O–H groups in total. The zero-order valence-corrected chi connectivity index (χ0v) is 17.5. The number of nitrogens with one attached hydrogen (secondary N) is 1. The van der Waals surface area contributed by atoms with Crippen LogP contribution in [0.4, 0.5) is 15.9 Å². The van der Waals surface area contributed by atoms with Crippen molar-refractivity contribution in [2.75, 3.05) is 23.9 Å². The third kappa shape index (κ3) is 4.34. The molecule has 2 heterocycles. The number of hydrogen-bond acceptors (Lipinski definition) is 6. The SMILES string of the molecule is O=C(CBr)c1cc2c(Nc3ccc(F)c(Cl)c3)ncnc2cc1OC1CCOC1. The van der Waals surface area contributed by atoms with Gasteiger partial charge in [0, 0.05) is 23.6 Å². The summed E-state index contributed by atoms with van der Waals surface area (Å²) in [6, 6.07) is 7.72. The van der Waals surface area contributed by atoms with Gasteiger partial charge in [-0.15, -0.1) is 0 Å². The van der Waals surface area contributed by atoms with Gasteiger partial charge >= 0.3 is 0 Å². The molecule has 0 spiro atoms. The Morgan fingerprint density at radius 3 is 2.93 bits per heavy atom. The summed E-state index contributed by atoms with van der Waals surface area (Å²) in [5.41, 5.74) is 1.60. The number of anilines is 2. The van der Waals surface area contributed by atoms with Crippen LogP contribution < -0.4 is 10.1 Å². The number of nitrogens with zero attached hydrogens (tertiary/aromatic N) is 2. The minimum absolute atomic E-state index is 0.00186. The van der Waals surface area contributed by atoms with Gasteiger partial charge in [-0.2, -0.15) is 0 Å². The molecule has 0 bridgehead atoms. The van der Waals surface area contributed by atoms with E-state index >= 15 is 0 Å². The van der Waals surface area contributed by atoms with Gasteiger partial charge < -0.3 is 14.8 Å². The summed E-state index contributed by atoms with van der Waals surface area (Å²) in [7, 11) is 0. The Bertz CT molecular complexity index is 1080. The molecule has 0 saturated carbocycles. The van der Waals surface area contributed by atoms with Gasteiger partial charge in [0.15, 0.2) is 5.78 Å². The Kier molecular flexibility index (Phi) is 5.94. The topological polar surface area (TPSA) is 73.3 Å². The van der Waals surface area contributed by atoms with Gasteiger partial charge in [-0.1, -0.05) is 27.5 Å². The van der Waals surface area contributed by atoms with Crippen molar-refractivity contribution in [1.82, 2.24) is 9.97 Å². The van der Waals surface area contributed by atoms with Crippen LogP contribution in [0.2, 0.25) is 5.02 Å². The lowest BCUT2D eigenvalue weighted by molar-refractivity contribution is 0.101. The molecule has 0 amide bonds. The van der Waals surface area contributed by atoms with E-state index in [9.17, 15) is 9.18 Å². The molecule has 6 nitrogen and oxygen atoms in total. The second-order valence-corrected chi connectivity index (χ2v) is 7.47. The number of Topliss-reactive ketones (excluding diaryl/α,β-unsaturated/α-hetero) is 1. The minimum Gasteiger partial charge on any atom is -0.487 e. The first-order chi connectivity index (χ1) is 14.0. The standard InChI is InChI=1S/C20H16BrClFN3O3/c21-8-18(27)14-6-13-17(7-19(14)29-12-3-4-28-9-12)24-10-25-20(13)26-11-1-2-16(23)15(22)5-11/h1-2,5-7,10,12H,3-4,8-9H2,(H,24,25,26). The molecule has 1 aromatic heterocycles. The minimum atomic E-state index is -0.507. The van der Waals surface area contributed by atoms with E-state index in [-0.39, 0.29) is 22.2 Å². The first-order valence-electron chi connectivity index (χ1n) is 8.89. The van der Waals surface area contributed by atoms with E-state index in [1.54, 1.807) is 18.2 Å². The van der Waals surface area contributed by atoms with Crippen molar-refractivity contribution < 1.29 is 18.7 Å². The number of carbonyl (C=O) groups is 1. The molecule has 150 valence electrons. The smallest absolute Gasteiger partial charge is 0.177 e. The zero-order valence-electron chi connectivity index (χ0n) is 15.1. The molecule has 29 heavy (non-hydrogen) atoms. The highest BCUT2D eigenvalue weighted by molar-refractivity contribution is 9.09. The van der Waals surface area contributed by atoms with Crippen LogP contribution in [0.25, 0.3) is 10.9 Å². The summed E-state index contributed by atoms with van der Waals surface area (Å²) in [6.45, 7) is 1.12.